The van der Waals surface area contributed by atoms with Crippen molar-refractivity contribution >= 4 is 28.2 Å². The molecular weight excluding hydrogens is 526 g/mol. The van der Waals surface area contributed by atoms with Crippen LogP contribution < -0.4 is 19.9 Å². The van der Waals surface area contributed by atoms with Crippen molar-refractivity contribution in [2.45, 2.75) is 44.8 Å². The molecule has 9 nitrogen and oxygen atoms in total. The zero-order chi connectivity index (χ0) is 29.2. The fourth-order valence-electron chi connectivity index (χ4n) is 6.80. The summed E-state index contributed by atoms with van der Waals surface area (Å²) in [5.74, 6) is 0.661. The Balaban J connectivity index is 1.34. The van der Waals surface area contributed by atoms with Crippen LogP contribution in [0.5, 0.6) is 6.01 Å². The lowest BCUT2D eigenvalue weighted by Gasteiger charge is -2.33. The molecule has 2 fully saturated rings. The van der Waals surface area contributed by atoms with Crippen molar-refractivity contribution in [2.75, 3.05) is 56.2 Å². The largest absolute Gasteiger partial charge is 0.462 e. The zero-order valence-electron chi connectivity index (χ0n) is 24.6. The number of ether oxygens (including phenoxy) is 1. The van der Waals surface area contributed by atoms with Gasteiger partial charge in [-0.3, -0.25) is 4.79 Å². The molecule has 0 radical (unpaired) electrons. The molecule has 0 bridgehead atoms. The highest BCUT2D eigenvalue weighted by Crippen LogP contribution is 2.36. The Morgan fingerprint density at radius 3 is 2.79 bits per heavy atom. The molecule has 0 saturated carbocycles. The van der Waals surface area contributed by atoms with Gasteiger partial charge in [-0.15, -0.1) is 0 Å². The Hall–Kier alpha value is -4.16. The number of likely N-dealkylation sites (tertiary alicyclic amines) is 1. The second-order valence-corrected chi connectivity index (χ2v) is 11.8. The van der Waals surface area contributed by atoms with E-state index < -0.39 is 0 Å². The molecule has 2 saturated heterocycles. The fraction of sp³-hybridized carbons (Fsp3) is 0.455. The van der Waals surface area contributed by atoms with Crippen molar-refractivity contribution in [3.05, 3.63) is 77.3 Å². The van der Waals surface area contributed by atoms with E-state index in [0.29, 0.717) is 44.8 Å². The third-order valence-electron chi connectivity index (χ3n) is 9.11. The molecule has 3 atom stereocenters. The molecule has 42 heavy (non-hydrogen) atoms. The van der Waals surface area contributed by atoms with Gasteiger partial charge in [-0.1, -0.05) is 36.9 Å². The molecule has 0 aliphatic carbocycles. The highest BCUT2D eigenvalue weighted by atomic mass is 16.5. The van der Waals surface area contributed by atoms with Gasteiger partial charge in [0.1, 0.15) is 12.4 Å². The highest BCUT2D eigenvalue weighted by Gasteiger charge is 2.38. The first-order valence-corrected chi connectivity index (χ1v) is 14.9. The van der Waals surface area contributed by atoms with Crippen LogP contribution in [0.15, 0.2) is 49.1 Å². The SMILES string of the molecule is [C-]#[N+]C[C@H]1CN(c2nc(OC[C@@H]3CCCN3C)nc3c2CCN(c2cccc4cccc(C)c24)C3)CC1NC(=O)C=C. The van der Waals surface area contributed by atoms with Crippen LogP contribution in [-0.4, -0.2) is 79.2 Å². The van der Waals surface area contributed by atoms with E-state index in [1.165, 1.54) is 34.5 Å². The summed E-state index contributed by atoms with van der Waals surface area (Å²) in [7, 11) is 2.14. The summed E-state index contributed by atoms with van der Waals surface area (Å²) < 4.78 is 6.30. The number of nitrogens with one attached hydrogen (secondary N) is 1. The summed E-state index contributed by atoms with van der Waals surface area (Å²) in [6.45, 7) is 18.0. The van der Waals surface area contributed by atoms with E-state index in [2.05, 4.69) is 81.8 Å². The quantitative estimate of drug-likeness (QED) is 0.327. The van der Waals surface area contributed by atoms with Crippen molar-refractivity contribution in [3.8, 4) is 6.01 Å². The van der Waals surface area contributed by atoms with E-state index in [4.69, 9.17) is 21.3 Å². The minimum absolute atomic E-state index is 0.00673. The van der Waals surface area contributed by atoms with Crippen LogP contribution in [0.2, 0.25) is 0 Å². The smallest absolute Gasteiger partial charge is 0.318 e. The molecule has 218 valence electrons. The molecule has 3 aliphatic rings. The molecule has 1 unspecified atom stereocenters. The van der Waals surface area contributed by atoms with Crippen molar-refractivity contribution in [1.82, 2.24) is 20.2 Å². The minimum Gasteiger partial charge on any atom is -0.462 e. The molecule has 2 aromatic carbocycles. The summed E-state index contributed by atoms with van der Waals surface area (Å²) in [4.78, 5) is 32.8. The van der Waals surface area contributed by atoms with Crippen molar-refractivity contribution in [3.63, 3.8) is 0 Å². The van der Waals surface area contributed by atoms with E-state index in [1.807, 2.05) is 0 Å². The molecular formula is C33H39N7O2. The first kappa shape index (κ1) is 28.0. The van der Waals surface area contributed by atoms with Crippen LogP contribution >= 0.6 is 0 Å². The molecule has 1 N–H and O–H groups in total. The lowest BCUT2D eigenvalue weighted by atomic mass is 10.00. The van der Waals surface area contributed by atoms with Gasteiger partial charge in [0.05, 0.1) is 24.2 Å². The van der Waals surface area contributed by atoms with Gasteiger partial charge in [-0.25, -0.2) is 6.57 Å². The first-order valence-electron chi connectivity index (χ1n) is 14.9. The van der Waals surface area contributed by atoms with Crippen LogP contribution in [0.4, 0.5) is 11.5 Å². The molecule has 0 spiro atoms. The average molecular weight is 566 g/mol. The van der Waals surface area contributed by atoms with E-state index in [1.54, 1.807) is 0 Å². The number of carbonyl (C=O) groups is 1. The Labute approximate surface area is 248 Å². The topological polar surface area (TPSA) is 78.2 Å². The Kier molecular flexibility index (Phi) is 7.98. The second-order valence-electron chi connectivity index (χ2n) is 11.8. The predicted octanol–water partition coefficient (Wildman–Crippen LogP) is 4.00. The lowest BCUT2D eigenvalue weighted by molar-refractivity contribution is -0.117. The summed E-state index contributed by atoms with van der Waals surface area (Å²) in [5, 5.41) is 5.56. The predicted molar refractivity (Wildman–Crippen MR) is 166 cm³/mol. The number of nitrogens with zero attached hydrogens (tertiary/aromatic N) is 6. The summed E-state index contributed by atoms with van der Waals surface area (Å²) in [6.07, 6.45) is 4.37. The third-order valence-corrected chi connectivity index (χ3v) is 9.11. The van der Waals surface area contributed by atoms with Gasteiger partial charge in [0.15, 0.2) is 0 Å². The monoisotopic (exact) mass is 565 g/mol. The Morgan fingerprint density at radius 2 is 2.02 bits per heavy atom. The number of fused-ring (bicyclic) bond motifs is 2. The fourth-order valence-corrected chi connectivity index (χ4v) is 6.80. The van der Waals surface area contributed by atoms with E-state index in [0.717, 1.165) is 43.0 Å². The number of aryl methyl sites for hydroxylation is 1. The van der Waals surface area contributed by atoms with Gasteiger partial charge in [-0.05, 0) is 62.9 Å². The van der Waals surface area contributed by atoms with Crippen molar-refractivity contribution in [2.24, 2.45) is 5.92 Å². The maximum atomic E-state index is 12.2. The van der Waals surface area contributed by atoms with Crippen molar-refractivity contribution in [1.29, 1.82) is 0 Å². The Morgan fingerprint density at radius 1 is 1.19 bits per heavy atom. The van der Waals surface area contributed by atoms with E-state index >= 15 is 0 Å². The molecule has 4 heterocycles. The number of hydrogen-bond acceptors (Lipinski definition) is 7. The van der Waals surface area contributed by atoms with Crippen LogP contribution in [0, 0.1) is 19.4 Å². The number of benzene rings is 2. The van der Waals surface area contributed by atoms with E-state index in [9.17, 15) is 4.79 Å². The highest BCUT2D eigenvalue weighted by molar-refractivity contribution is 5.97. The van der Waals surface area contributed by atoms with Crippen LogP contribution in [0.25, 0.3) is 15.6 Å². The summed E-state index contributed by atoms with van der Waals surface area (Å²) in [6, 6.07) is 13.6. The number of likely N-dealkylation sites (N-methyl/N-ethyl adjacent to an activating group) is 1. The van der Waals surface area contributed by atoms with Gasteiger partial charge >= 0.3 is 6.01 Å². The number of amides is 1. The summed E-state index contributed by atoms with van der Waals surface area (Å²) in [5.41, 5.74) is 4.59. The van der Waals surface area contributed by atoms with Crippen LogP contribution in [0.1, 0.15) is 29.7 Å². The normalized spacial score (nSPS) is 22.2. The van der Waals surface area contributed by atoms with Crippen molar-refractivity contribution < 1.29 is 9.53 Å². The number of carbonyl (C=O) groups excluding carboxylic acids is 1. The first-order chi connectivity index (χ1) is 20.4. The van der Waals surface area contributed by atoms with Gasteiger partial charge in [-0.2, -0.15) is 9.97 Å². The van der Waals surface area contributed by atoms with Gasteiger partial charge in [0.25, 0.3) is 0 Å². The van der Waals surface area contributed by atoms with Crippen LogP contribution in [-0.2, 0) is 17.8 Å². The Bertz CT molecular complexity index is 1530. The number of anilines is 2. The summed E-state index contributed by atoms with van der Waals surface area (Å²) >= 11 is 0. The van der Waals surface area contributed by atoms with Gasteiger partial charge < -0.3 is 29.6 Å². The molecule has 6 rings (SSSR count). The third kappa shape index (κ3) is 5.51. The van der Waals surface area contributed by atoms with Gasteiger partial charge in [0, 0.05) is 42.3 Å². The average Bonchev–Trinajstić information content (AvgIpc) is 3.60. The second kappa shape index (κ2) is 12.0. The molecule has 1 amide bonds. The molecule has 1 aromatic heterocycles. The standard InChI is InChI=1S/C33H39N7O2/c1-5-30(41)35-27-19-40(18-24(27)17-34-3)32-26-14-16-39(29-13-7-11-23-10-6-9-22(2)31(23)29)20-28(26)36-33(37-32)42-21-25-12-8-15-38(25)4/h5-7,9-11,13,24-25,27H,1,8,12,14-21H2,2,4H3,(H,35,41)/t24-,25-,27?/m0/s1. The molecule has 3 aromatic rings. The minimum atomic E-state index is -0.215. The van der Waals surface area contributed by atoms with E-state index in [-0.39, 0.29) is 17.9 Å². The molecule has 9 heteroatoms. The maximum Gasteiger partial charge on any atom is 0.318 e. The molecule has 3 aliphatic heterocycles. The number of aromatic nitrogens is 2. The number of hydrogen-bond donors (Lipinski definition) is 1. The van der Waals surface area contributed by atoms with Gasteiger partial charge in [0.2, 0.25) is 12.5 Å². The van der Waals surface area contributed by atoms with Crippen LogP contribution in [0.3, 0.4) is 0 Å². The lowest BCUT2D eigenvalue weighted by Crippen LogP contribution is -2.40. The number of rotatable bonds is 8. The zero-order valence-corrected chi connectivity index (χ0v) is 24.6. The maximum absolute atomic E-state index is 12.2.